The number of anilines is 1. The van der Waals surface area contributed by atoms with Crippen molar-refractivity contribution in [2.45, 2.75) is 17.8 Å². The van der Waals surface area contributed by atoms with E-state index in [0.717, 1.165) is 23.9 Å². The van der Waals surface area contributed by atoms with Crippen LogP contribution in [0.25, 0.3) is 0 Å². The maximum atomic E-state index is 12.8. The molecular formula is C15H13ClF3N3O2S. The van der Waals surface area contributed by atoms with Gasteiger partial charge in [0.1, 0.15) is 5.25 Å². The normalized spacial score (nSPS) is 19.0. The third-order valence-corrected chi connectivity index (χ3v) is 4.52. The molecule has 1 fully saturated rings. The van der Waals surface area contributed by atoms with Gasteiger partial charge >= 0.3 is 6.18 Å². The van der Waals surface area contributed by atoms with Crippen LogP contribution in [0.1, 0.15) is 12.0 Å². The molecule has 5 nitrogen and oxygen atoms in total. The number of carbonyl (C=O) groups is 2. The first-order valence-electron chi connectivity index (χ1n) is 7.00. The van der Waals surface area contributed by atoms with Crippen molar-refractivity contribution >= 4 is 46.0 Å². The summed E-state index contributed by atoms with van der Waals surface area (Å²) in [5.74, 6) is -0.969. The summed E-state index contributed by atoms with van der Waals surface area (Å²) in [7, 11) is 0. The van der Waals surface area contributed by atoms with Crippen LogP contribution in [0.4, 0.5) is 18.9 Å². The van der Waals surface area contributed by atoms with E-state index in [2.05, 4.69) is 22.2 Å². The Morgan fingerprint density at radius 2 is 2.20 bits per heavy atom. The lowest BCUT2D eigenvalue weighted by atomic mass is 10.2. The average molecular weight is 392 g/mol. The van der Waals surface area contributed by atoms with Crippen LogP contribution in [-0.2, 0) is 15.8 Å². The van der Waals surface area contributed by atoms with Gasteiger partial charge in [0.15, 0.2) is 5.17 Å². The predicted octanol–water partition coefficient (Wildman–Crippen LogP) is 3.46. The zero-order valence-corrected chi connectivity index (χ0v) is 14.3. The van der Waals surface area contributed by atoms with Gasteiger partial charge in [-0.2, -0.15) is 13.2 Å². The highest BCUT2D eigenvalue weighted by molar-refractivity contribution is 8.15. The summed E-state index contributed by atoms with van der Waals surface area (Å²) in [4.78, 5) is 27.8. The minimum absolute atomic E-state index is 0.0503. The van der Waals surface area contributed by atoms with Gasteiger partial charge in [0, 0.05) is 12.1 Å². The molecule has 1 heterocycles. The summed E-state index contributed by atoms with van der Waals surface area (Å²) >= 11 is 6.61. The summed E-state index contributed by atoms with van der Waals surface area (Å²) < 4.78 is 38.4. The molecule has 2 N–H and O–H groups in total. The number of nitrogens with zero attached hydrogens (tertiary/aromatic N) is 1. The van der Waals surface area contributed by atoms with Gasteiger partial charge in [0.2, 0.25) is 11.8 Å². The number of amides is 2. The second-order valence-corrected chi connectivity index (χ2v) is 6.57. The summed E-state index contributed by atoms with van der Waals surface area (Å²) in [6.45, 7) is 3.83. The minimum atomic E-state index is -4.63. The first kappa shape index (κ1) is 19.3. The molecule has 2 amide bonds. The molecule has 0 saturated carbocycles. The highest BCUT2D eigenvalue weighted by atomic mass is 35.5. The van der Waals surface area contributed by atoms with E-state index in [0.29, 0.717) is 11.7 Å². The van der Waals surface area contributed by atoms with E-state index in [9.17, 15) is 22.8 Å². The largest absolute Gasteiger partial charge is 0.417 e. The fraction of sp³-hybridized carbons (Fsp3) is 0.267. The van der Waals surface area contributed by atoms with Gasteiger partial charge in [-0.3, -0.25) is 14.6 Å². The van der Waals surface area contributed by atoms with Gasteiger partial charge in [-0.1, -0.05) is 29.4 Å². The van der Waals surface area contributed by atoms with Crippen LogP contribution in [-0.4, -0.2) is 28.8 Å². The predicted molar refractivity (Wildman–Crippen MR) is 91.7 cm³/mol. The van der Waals surface area contributed by atoms with Crippen LogP contribution < -0.4 is 10.6 Å². The maximum Gasteiger partial charge on any atom is 0.417 e. The standard InChI is InChI=1S/C15H13ClF3N3O2S/c1-2-5-20-14-22-13(24)11(25-14)7-12(23)21-8-3-4-10(16)9(6-8)15(17,18)19/h2-4,6,11H,1,5,7H2,(H,21,23)(H,20,22,24). The first-order chi connectivity index (χ1) is 11.7. The quantitative estimate of drug-likeness (QED) is 0.755. The molecule has 1 aliphatic heterocycles. The van der Waals surface area contributed by atoms with E-state index in [1.165, 1.54) is 6.07 Å². The number of alkyl halides is 3. The van der Waals surface area contributed by atoms with Crippen LogP contribution in [0.15, 0.2) is 35.8 Å². The molecule has 134 valence electrons. The van der Waals surface area contributed by atoms with E-state index in [1.54, 1.807) is 6.08 Å². The molecule has 1 saturated heterocycles. The number of hydrogen-bond acceptors (Lipinski definition) is 4. The van der Waals surface area contributed by atoms with Gasteiger partial charge < -0.3 is 10.6 Å². The Kier molecular flexibility index (Phi) is 6.12. The number of aliphatic imine (C=N–C) groups is 1. The lowest BCUT2D eigenvalue weighted by molar-refractivity contribution is -0.137. The Morgan fingerprint density at radius 1 is 1.48 bits per heavy atom. The molecule has 0 spiro atoms. The summed E-state index contributed by atoms with van der Waals surface area (Å²) in [5.41, 5.74) is -1.09. The van der Waals surface area contributed by atoms with Gasteiger partial charge in [-0.15, -0.1) is 6.58 Å². The van der Waals surface area contributed by atoms with E-state index in [4.69, 9.17) is 11.6 Å². The molecule has 25 heavy (non-hydrogen) atoms. The fourth-order valence-corrected chi connectivity index (χ4v) is 3.17. The van der Waals surface area contributed by atoms with Crippen LogP contribution in [0, 0.1) is 0 Å². The summed E-state index contributed by atoms with van der Waals surface area (Å²) in [6, 6.07) is 3.06. The van der Waals surface area contributed by atoms with Crippen molar-refractivity contribution in [3.63, 3.8) is 0 Å². The molecule has 1 atom stereocenters. The SMILES string of the molecule is C=CCN=C1NC(=O)C(CC(=O)Nc2ccc(Cl)c(C(F)(F)F)c2)S1. The lowest BCUT2D eigenvalue weighted by Crippen LogP contribution is -2.28. The number of nitrogens with one attached hydrogen (secondary N) is 2. The lowest BCUT2D eigenvalue weighted by Gasteiger charge is -2.12. The van der Waals surface area contributed by atoms with E-state index in [-0.39, 0.29) is 18.0 Å². The van der Waals surface area contributed by atoms with Crippen molar-refractivity contribution in [3.05, 3.63) is 41.4 Å². The number of thioether (sulfide) groups is 1. The Bertz CT molecular complexity index is 737. The molecular weight excluding hydrogens is 379 g/mol. The van der Waals surface area contributed by atoms with E-state index < -0.39 is 27.9 Å². The molecule has 0 aliphatic carbocycles. The fourth-order valence-electron chi connectivity index (χ4n) is 1.96. The second-order valence-electron chi connectivity index (χ2n) is 4.97. The number of benzene rings is 1. The number of hydrogen-bond donors (Lipinski definition) is 2. The Labute approximate surface area is 150 Å². The van der Waals surface area contributed by atoms with Crippen LogP contribution in [0.3, 0.4) is 0 Å². The number of carbonyl (C=O) groups excluding carboxylic acids is 2. The van der Waals surface area contributed by atoms with Crippen molar-refractivity contribution in [3.8, 4) is 0 Å². The van der Waals surface area contributed by atoms with Gasteiger partial charge in [0.25, 0.3) is 0 Å². The van der Waals surface area contributed by atoms with Gasteiger partial charge in [-0.05, 0) is 18.2 Å². The van der Waals surface area contributed by atoms with Crippen LogP contribution >= 0.6 is 23.4 Å². The van der Waals surface area contributed by atoms with Gasteiger partial charge in [-0.25, -0.2) is 0 Å². The molecule has 1 aliphatic rings. The highest BCUT2D eigenvalue weighted by Crippen LogP contribution is 2.36. The van der Waals surface area contributed by atoms with E-state index >= 15 is 0 Å². The first-order valence-corrected chi connectivity index (χ1v) is 8.26. The molecule has 2 rings (SSSR count). The Balaban J connectivity index is 2.01. The zero-order valence-electron chi connectivity index (χ0n) is 12.7. The Morgan fingerprint density at radius 3 is 2.84 bits per heavy atom. The zero-order chi connectivity index (χ0) is 18.6. The van der Waals surface area contributed by atoms with Crippen molar-refractivity contribution in [2.75, 3.05) is 11.9 Å². The molecule has 1 aromatic carbocycles. The van der Waals surface area contributed by atoms with Crippen LogP contribution in [0.5, 0.6) is 0 Å². The highest BCUT2D eigenvalue weighted by Gasteiger charge is 2.34. The number of rotatable bonds is 5. The third-order valence-electron chi connectivity index (χ3n) is 3.07. The maximum absolute atomic E-state index is 12.8. The van der Waals surface area contributed by atoms with E-state index in [1.807, 2.05) is 0 Å². The molecule has 0 radical (unpaired) electrons. The third kappa shape index (κ3) is 5.23. The molecule has 1 unspecified atom stereocenters. The topological polar surface area (TPSA) is 70.6 Å². The van der Waals surface area contributed by atoms with Crippen molar-refractivity contribution in [1.29, 1.82) is 0 Å². The van der Waals surface area contributed by atoms with Crippen molar-refractivity contribution < 1.29 is 22.8 Å². The number of halogens is 4. The number of amidine groups is 1. The summed E-state index contributed by atoms with van der Waals surface area (Å²) in [5, 5.41) is 4.09. The summed E-state index contributed by atoms with van der Waals surface area (Å²) in [6.07, 6.45) is -3.28. The Hall–Kier alpha value is -2.00. The monoisotopic (exact) mass is 391 g/mol. The molecule has 1 aromatic rings. The smallest absolute Gasteiger partial charge is 0.326 e. The minimum Gasteiger partial charge on any atom is -0.326 e. The molecule has 0 aromatic heterocycles. The van der Waals surface area contributed by atoms with Crippen molar-refractivity contribution in [2.24, 2.45) is 4.99 Å². The average Bonchev–Trinajstić information content (AvgIpc) is 2.86. The van der Waals surface area contributed by atoms with Crippen molar-refractivity contribution in [1.82, 2.24) is 5.32 Å². The molecule has 0 bridgehead atoms. The van der Waals surface area contributed by atoms with Gasteiger partial charge in [0.05, 0.1) is 17.1 Å². The second kappa shape index (κ2) is 7.92. The van der Waals surface area contributed by atoms with Crippen LogP contribution in [0.2, 0.25) is 5.02 Å². The molecule has 10 heteroatoms.